The number of benzene rings is 2. The van der Waals surface area contributed by atoms with Crippen LogP contribution in [0.4, 0.5) is 0 Å². The van der Waals surface area contributed by atoms with Crippen LogP contribution in [-0.4, -0.2) is 67.1 Å². The van der Waals surface area contributed by atoms with Crippen molar-refractivity contribution in [2.75, 3.05) is 19.8 Å². The summed E-state index contributed by atoms with van der Waals surface area (Å²) in [5.41, 5.74) is 1.90. The summed E-state index contributed by atoms with van der Waals surface area (Å²) in [6, 6.07) is 13.1. The number of carbonyl (C=O) groups excluding carboxylic acids is 3. The summed E-state index contributed by atoms with van der Waals surface area (Å²) in [6.45, 7) is 2.41. The van der Waals surface area contributed by atoms with Gasteiger partial charge >= 0.3 is 0 Å². The molecule has 2 aliphatic rings. The van der Waals surface area contributed by atoms with Gasteiger partial charge in [0.2, 0.25) is 21.7 Å². The maximum absolute atomic E-state index is 13.7. The van der Waals surface area contributed by atoms with Crippen molar-refractivity contribution in [3.05, 3.63) is 83.7 Å². The number of ketones is 1. The fourth-order valence-electron chi connectivity index (χ4n) is 4.98. The lowest BCUT2D eigenvalue weighted by Crippen LogP contribution is -2.57. The van der Waals surface area contributed by atoms with E-state index in [2.05, 4.69) is 15.6 Å². The Bertz CT molecular complexity index is 1550. The molecule has 1 aromatic heterocycles. The predicted octanol–water partition coefficient (Wildman–Crippen LogP) is 1.40. The van der Waals surface area contributed by atoms with E-state index in [4.69, 9.17) is 9.47 Å². The Morgan fingerprint density at radius 3 is 2.37 bits per heavy atom. The first-order chi connectivity index (χ1) is 19.8. The first-order valence-corrected chi connectivity index (χ1v) is 14.7. The van der Waals surface area contributed by atoms with Crippen molar-refractivity contribution in [3.63, 3.8) is 0 Å². The highest BCUT2D eigenvalue weighted by molar-refractivity contribution is 7.89. The molecule has 41 heavy (non-hydrogen) atoms. The molecular weight excluding hydrogens is 548 g/mol. The highest BCUT2D eigenvalue weighted by Crippen LogP contribution is 2.39. The first kappa shape index (κ1) is 28.2. The normalized spacial score (nSPS) is 18.0. The van der Waals surface area contributed by atoms with Crippen LogP contribution >= 0.6 is 0 Å². The topological polar surface area (TPSA) is 144 Å². The van der Waals surface area contributed by atoms with E-state index in [1.165, 1.54) is 6.07 Å². The number of likely N-dealkylation sites (N-methyl/N-ethyl adjacent to an activating group) is 1. The Hall–Kier alpha value is -4.29. The Morgan fingerprint density at radius 1 is 1.00 bits per heavy atom. The number of nitrogens with zero attached hydrogens (tertiary/aromatic N) is 2. The van der Waals surface area contributed by atoms with Crippen LogP contribution in [0.15, 0.2) is 71.9 Å². The van der Waals surface area contributed by atoms with E-state index in [9.17, 15) is 22.8 Å². The standard InChI is InChI=1S/C29H30N4O7S/c1-2-33-23(15-21-16-24-25(40-13-12-39-24)17-26(21)41(33,37)38)28(35)32-22(14-19-6-4-3-5-7-19)27(34)29(36)31-18-20-8-10-30-11-9-20/h3-11,16-17,22-23H,2,12-15,18H2,1H3,(H,31,36)(H,32,35)/t22-,23?/m0/s1. The molecule has 2 atom stereocenters. The molecule has 5 rings (SSSR count). The number of amides is 2. The molecule has 0 bridgehead atoms. The Kier molecular flexibility index (Phi) is 8.31. The molecule has 2 aromatic carbocycles. The van der Waals surface area contributed by atoms with Crippen molar-refractivity contribution < 1.29 is 32.3 Å². The van der Waals surface area contributed by atoms with Gasteiger partial charge in [-0.3, -0.25) is 19.4 Å². The number of carbonyl (C=O) groups is 3. The molecule has 3 aromatic rings. The molecule has 12 heteroatoms. The Labute approximate surface area is 237 Å². The smallest absolute Gasteiger partial charge is 0.289 e. The summed E-state index contributed by atoms with van der Waals surface area (Å²) in [4.78, 5) is 43.9. The van der Waals surface area contributed by atoms with Gasteiger partial charge in [-0.25, -0.2) is 8.42 Å². The Balaban J connectivity index is 1.39. The minimum Gasteiger partial charge on any atom is -0.486 e. The van der Waals surface area contributed by atoms with Crippen LogP contribution in [0.5, 0.6) is 11.5 Å². The molecule has 2 aliphatic heterocycles. The van der Waals surface area contributed by atoms with Gasteiger partial charge in [0, 0.05) is 38.0 Å². The highest BCUT2D eigenvalue weighted by atomic mass is 32.2. The van der Waals surface area contributed by atoms with Crippen molar-refractivity contribution in [2.24, 2.45) is 0 Å². The predicted molar refractivity (Wildman–Crippen MR) is 148 cm³/mol. The maximum atomic E-state index is 13.7. The second kappa shape index (κ2) is 12.1. The van der Waals surface area contributed by atoms with Crippen LogP contribution in [-0.2, 0) is 43.8 Å². The summed E-state index contributed by atoms with van der Waals surface area (Å²) < 4.78 is 39.5. The molecule has 2 amide bonds. The zero-order valence-electron chi connectivity index (χ0n) is 22.4. The molecule has 0 spiro atoms. The van der Waals surface area contributed by atoms with Crippen LogP contribution in [0.25, 0.3) is 0 Å². The average molecular weight is 579 g/mol. The zero-order chi connectivity index (χ0) is 29.0. The van der Waals surface area contributed by atoms with E-state index < -0.39 is 39.7 Å². The van der Waals surface area contributed by atoms with E-state index in [0.717, 1.165) is 15.4 Å². The molecule has 0 saturated heterocycles. The molecule has 3 heterocycles. The van der Waals surface area contributed by atoms with Crippen molar-refractivity contribution in [2.45, 2.75) is 43.3 Å². The largest absolute Gasteiger partial charge is 0.486 e. The zero-order valence-corrected chi connectivity index (χ0v) is 23.2. The number of sulfonamides is 1. The average Bonchev–Trinajstić information content (AvgIpc) is 2.99. The number of aromatic nitrogens is 1. The number of Topliss-reactive ketones (excluding diaryl/α,β-unsaturated/α-hetero) is 1. The lowest BCUT2D eigenvalue weighted by molar-refractivity contribution is -0.140. The van der Waals surface area contributed by atoms with Crippen molar-refractivity contribution in [1.29, 1.82) is 0 Å². The number of fused-ring (bicyclic) bond motifs is 2. The third kappa shape index (κ3) is 6.08. The van der Waals surface area contributed by atoms with Crippen molar-refractivity contribution >= 4 is 27.6 Å². The Morgan fingerprint density at radius 2 is 1.68 bits per heavy atom. The fraction of sp³-hybridized carbons (Fsp3) is 0.310. The summed E-state index contributed by atoms with van der Waals surface area (Å²) in [5, 5.41) is 5.28. The van der Waals surface area contributed by atoms with Gasteiger partial charge in [-0.1, -0.05) is 37.3 Å². The maximum Gasteiger partial charge on any atom is 0.289 e. The number of hydrogen-bond acceptors (Lipinski definition) is 8. The van der Waals surface area contributed by atoms with Crippen molar-refractivity contribution in [1.82, 2.24) is 19.9 Å². The van der Waals surface area contributed by atoms with E-state index in [-0.39, 0.29) is 30.8 Å². The second-order valence-corrected chi connectivity index (χ2v) is 11.5. The van der Waals surface area contributed by atoms with Crippen LogP contribution in [0.3, 0.4) is 0 Å². The molecule has 0 fully saturated rings. The number of hydrogen-bond donors (Lipinski definition) is 2. The molecule has 0 aliphatic carbocycles. The molecule has 2 N–H and O–H groups in total. The van der Waals surface area contributed by atoms with Crippen LogP contribution < -0.4 is 20.1 Å². The minimum atomic E-state index is -4.06. The summed E-state index contributed by atoms with van der Waals surface area (Å²) in [7, 11) is -4.06. The van der Waals surface area contributed by atoms with E-state index in [0.29, 0.717) is 30.3 Å². The van der Waals surface area contributed by atoms with Crippen molar-refractivity contribution in [3.8, 4) is 11.5 Å². The lowest BCUT2D eigenvalue weighted by atomic mass is 9.99. The van der Waals surface area contributed by atoms with Gasteiger partial charge < -0.3 is 20.1 Å². The van der Waals surface area contributed by atoms with Gasteiger partial charge in [0.1, 0.15) is 25.3 Å². The first-order valence-electron chi connectivity index (χ1n) is 13.3. The van der Waals surface area contributed by atoms with Gasteiger partial charge in [0.05, 0.1) is 4.90 Å². The molecular formula is C29H30N4O7S. The molecule has 0 saturated carbocycles. The number of pyridine rings is 1. The monoisotopic (exact) mass is 578 g/mol. The lowest BCUT2D eigenvalue weighted by Gasteiger charge is -2.35. The molecule has 0 radical (unpaired) electrons. The van der Waals surface area contributed by atoms with Gasteiger partial charge in [0.25, 0.3) is 5.91 Å². The summed E-state index contributed by atoms with van der Waals surface area (Å²) >= 11 is 0. The number of rotatable bonds is 9. The molecule has 11 nitrogen and oxygen atoms in total. The van der Waals surface area contributed by atoms with E-state index in [1.54, 1.807) is 61.8 Å². The van der Waals surface area contributed by atoms with Gasteiger partial charge in [-0.15, -0.1) is 0 Å². The minimum absolute atomic E-state index is 0.0258. The van der Waals surface area contributed by atoms with Crippen LogP contribution in [0.2, 0.25) is 0 Å². The summed E-state index contributed by atoms with van der Waals surface area (Å²) in [5.74, 6) is -1.62. The number of nitrogens with one attached hydrogen (secondary N) is 2. The van der Waals surface area contributed by atoms with E-state index >= 15 is 0 Å². The van der Waals surface area contributed by atoms with Gasteiger partial charge in [-0.05, 0) is 41.3 Å². The fourth-order valence-corrected chi connectivity index (χ4v) is 6.81. The van der Waals surface area contributed by atoms with Crippen LogP contribution in [0.1, 0.15) is 23.6 Å². The number of ether oxygens (including phenoxy) is 2. The SMILES string of the molecule is CCN1C(C(=O)N[C@@H](Cc2ccccc2)C(=O)C(=O)NCc2ccncc2)Cc2cc3c(cc2S1(=O)=O)OCCO3. The second-order valence-electron chi connectivity index (χ2n) is 9.69. The van der Waals surface area contributed by atoms with Crippen LogP contribution in [0, 0.1) is 0 Å². The van der Waals surface area contributed by atoms with Gasteiger partial charge in [0.15, 0.2) is 11.5 Å². The highest BCUT2D eigenvalue weighted by Gasteiger charge is 2.43. The van der Waals surface area contributed by atoms with Gasteiger partial charge in [-0.2, -0.15) is 4.31 Å². The third-order valence-corrected chi connectivity index (χ3v) is 9.10. The quantitative estimate of drug-likeness (QED) is 0.363. The van der Waals surface area contributed by atoms with E-state index in [1.807, 2.05) is 6.07 Å². The molecule has 1 unspecified atom stereocenters. The molecule has 214 valence electrons. The third-order valence-electron chi connectivity index (χ3n) is 7.03. The summed E-state index contributed by atoms with van der Waals surface area (Å²) in [6.07, 6.45) is 3.26.